The fourth-order valence-corrected chi connectivity index (χ4v) is 3.63. The molecule has 12 unspecified atom stereocenters. The molecule has 3 aliphatic rings. The van der Waals surface area contributed by atoms with Gasteiger partial charge in [0, 0.05) is 6.61 Å². The Kier molecular flexibility index (Phi) is 9.58. The first kappa shape index (κ1) is 26.1. The van der Waals surface area contributed by atoms with Crippen LogP contribution in [0.3, 0.4) is 0 Å². The Morgan fingerprint density at radius 2 is 1.09 bits per heavy atom. The maximum absolute atomic E-state index is 10.4. The maximum Gasteiger partial charge on any atom is 0.186 e. The third-order valence-electron chi connectivity index (χ3n) is 5.72. The molecule has 0 aromatic rings. The van der Waals surface area contributed by atoms with Crippen LogP contribution >= 0.6 is 0 Å². The van der Waals surface area contributed by atoms with Crippen LogP contribution in [0.2, 0.25) is 0 Å². The van der Waals surface area contributed by atoms with Gasteiger partial charge in [-0.05, 0) is 6.42 Å². The highest BCUT2D eigenvalue weighted by atomic mass is 16.7. The van der Waals surface area contributed by atoms with E-state index in [1.54, 1.807) is 0 Å². The van der Waals surface area contributed by atoms with Crippen LogP contribution < -0.4 is 0 Å². The number of unbranched alkanes of at least 4 members (excludes halogenated alkanes) is 1. The van der Waals surface area contributed by atoms with Gasteiger partial charge in [0.05, 0.1) is 19.8 Å². The smallest absolute Gasteiger partial charge is 0.186 e. The molecule has 0 amide bonds. The quantitative estimate of drug-likeness (QED) is 0.171. The van der Waals surface area contributed by atoms with Crippen LogP contribution in [0.4, 0.5) is 0 Å². The number of hydrogen-bond acceptors (Lipinski definition) is 13. The molecule has 0 aromatic heterocycles. The molecular weight excluding hydrogens is 436 g/mol. The fraction of sp³-hybridized carbons (Fsp3) is 1.00. The Balaban J connectivity index is 1.49. The lowest BCUT2D eigenvalue weighted by atomic mass is 10.0. The lowest BCUT2D eigenvalue weighted by Crippen LogP contribution is -2.61. The normalized spacial score (nSPS) is 48.0. The van der Waals surface area contributed by atoms with Crippen molar-refractivity contribution < 1.29 is 64.2 Å². The second-order valence-electron chi connectivity index (χ2n) is 8.19. The number of ether oxygens (including phenoxy) is 6. The van der Waals surface area contributed by atoms with Gasteiger partial charge < -0.3 is 64.2 Å². The van der Waals surface area contributed by atoms with Crippen LogP contribution in [0.25, 0.3) is 0 Å². The van der Waals surface area contributed by atoms with E-state index >= 15 is 0 Å². The van der Waals surface area contributed by atoms with E-state index in [1.807, 2.05) is 6.92 Å². The van der Waals surface area contributed by atoms with E-state index in [-0.39, 0.29) is 19.8 Å². The zero-order valence-corrected chi connectivity index (χ0v) is 17.8. The molecule has 3 heterocycles. The van der Waals surface area contributed by atoms with Gasteiger partial charge in [0.15, 0.2) is 18.9 Å². The second kappa shape index (κ2) is 11.8. The molecule has 12 atom stereocenters. The molecule has 0 aromatic carbocycles. The minimum Gasteiger partial charge on any atom is -0.388 e. The first-order chi connectivity index (χ1) is 15.2. The van der Waals surface area contributed by atoms with Crippen molar-refractivity contribution in [3.63, 3.8) is 0 Å². The summed E-state index contributed by atoms with van der Waals surface area (Å²) in [5, 5.41) is 70.5. The van der Waals surface area contributed by atoms with Gasteiger partial charge in [-0.15, -0.1) is 0 Å². The molecular formula is C19H34O13. The van der Waals surface area contributed by atoms with Crippen molar-refractivity contribution in [2.45, 2.75) is 93.6 Å². The lowest BCUT2D eigenvalue weighted by Gasteiger charge is -2.43. The van der Waals surface area contributed by atoms with E-state index in [2.05, 4.69) is 0 Å². The summed E-state index contributed by atoms with van der Waals surface area (Å²) in [5.41, 5.74) is 0. The van der Waals surface area contributed by atoms with E-state index in [0.717, 1.165) is 12.8 Å². The lowest BCUT2D eigenvalue weighted by molar-refractivity contribution is -0.348. The Bertz CT molecular complexity index is 567. The van der Waals surface area contributed by atoms with E-state index in [0.29, 0.717) is 6.61 Å². The average molecular weight is 470 g/mol. The molecule has 3 aliphatic heterocycles. The molecule has 0 spiro atoms. The third-order valence-corrected chi connectivity index (χ3v) is 5.72. The van der Waals surface area contributed by atoms with Gasteiger partial charge >= 0.3 is 0 Å². The molecule has 0 radical (unpaired) electrons. The largest absolute Gasteiger partial charge is 0.388 e. The minimum absolute atomic E-state index is 0.139. The first-order valence-electron chi connectivity index (χ1n) is 10.8. The summed E-state index contributed by atoms with van der Waals surface area (Å²) >= 11 is 0. The predicted octanol–water partition coefficient (Wildman–Crippen LogP) is -3.83. The summed E-state index contributed by atoms with van der Waals surface area (Å²) in [6.07, 6.45) is -14.5. The van der Waals surface area contributed by atoms with Crippen molar-refractivity contribution in [1.29, 1.82) is 0 Å². The van der Waals surface area contributed by atoms with Crippen LogP contribution in [0, 0.1) is 0 Å². The molecule has 13 nitrogen and oxygen atoms in total. The van der Waals surface area contributed by atoms with E-state index in [1.165, 1.54) is 0 Å². The van der Waals surface area contributed by atoms with Crippen molar-refractivity contribution in [2.75, 3.05) is 26.4 Å². The molecule has 0 bridgehead atoms. The Labute approximate surface area is 185 Å². The maximum atomic E-state index is 10.4. The minimum atomic E-state index is -1.60. The van der Waals surface area contributed by atoms with Gasteiger partial charge in [-0.3, -0.25) is 0 Å². The molecule has 13 heteroatoms. The van der Waals surface area contributed by atoms with Crippen molar-refractivity contribution in [2.24, 2.45) is 0 Å². The summed E-state index contributed by atoms with van der Waals surface area (Å²) in [6.45, 7) is 1.65. The zero-order valence-electron chi connectivity index (χ0n) is 17.8. The van der Waals surface area contributed by atoms with Gasteiger partial charge in [-0.25, -0.2) is 0 Å². The molecule has 188 valence electrons. The highest BCUT2D eigenvalue weighted by molar-refractivity contribution is 4.90. The Hall–Kier alpha value is -0.520. The summed E-state index contributed by atoms with van der Waals surface area (Å²) in [6, 6.07) is 0. The van der Waals surface area contributed by atoms with Gasteiger partial charge in [-0.2, -0.15) is 0 Å². The zero-order chi connectivity index (χ0) is 23.4. The van der Waals surface area contributed by atoms with Gasteiger partial charge in [0.1, 0.15) is 54.9 Å². The summed E-state index contributed by atoms with van der Waals surface area (Å²) in [7, 11) is 0. The van der Waals surface area contributed by atoms with Crippen molar-refractivity contribution in [3.8, 4) is 0 Å². The van der Waals surface area contributed by atoms with Crippen LogP contribution in [0.1, 0.15) is 19.8 Å². The van der Waals surface area contributed by atoms with Gasteiger partial charge in [0.2, 0.25) is 0 Å². The number of hydrogen-bond donors (Lipinski definition) is 7. The van der Waals surface area contributed by atoms with Crippen LogP contribution in [-0.2, 0) is 28.4 Å². The molecule has 32 heavy (non-hydrogen) atoms. The summed E-state index contributed by atoms with van der Waals surface area (Å²) in [5.74, 6) is 0. The first-order valence-corrected chi connectivity index (χ1v) is 10.8. The van der Waals surface area contributed by atoms with Crippen molar-refractivity contribution >= 4 is 0 Å². The second-order valence-corrected chi connectivity index (χ2v) is 8.19. The van der Waals surface area contributed by atoms with E-state index < -0.39 is 73.8 Å². The standard InChI is InChI=1S/C19H34O13/c1-2-3-4-27-17-15(25)12(22)9(6-29-17)32-19-16(26)13(23)10(7-30-19)31-18-14(24)11(21)8(20)5-28-18/h8-26H,2-7H2,1H3. The molecule has 0 aliphatic carbocycles. The third kappa shape index (κ3) is 5.93. The molecule has 7 N–H and O–H groups in total. The number of aliphatic hydroxyl groups is 7. The van der Waals surface area contributed by atoms with Gasteiger partial charge in [0.25, 0.3) is 0 Å². The van der Waals surface area contributed by atoms with Crippen LogP contribution in [-0.4, -0.2) is 136 Å². The predicted molar refractivity (Wildman–Crippen MR) is 102 cm³/mol. The van der Waals surface area contributed by atoms with Crippen LogP contribution in [0.15, 0.2) is 0 Å². The van der Waals surface area contributed by atoms with E-state index in [4.69, 9.17) is 28.4 Å². The molecule has 3 rings (SSSR count). The average Bonchev–Trinajstić information content (AvgIpc) is 2.78. The number of aliphatic hydroxyl groups excluding tert-OH is 7. The Morgan fingerprint density at radius 1 is 0.625 bits per heavy atom. The molecule has 0 saturated carbocycles. The molecule has 3 saturated heterocycles. The van der Waals surface area contributed by atoms with E-state index in [9.17, 15) is 35.7 Å². The molecule has 3 fully saturated rings. The monoisotopic (exact) mass is 470 g/mol. The highest BCUT2D eigenvalue weighted by Gasteiger charge is 2.47. The van der Waals surface area contributed by atoms with Crippen molar-refractivity contribution in [3.05, 3.63) is 0 Å². The summed E-state index contributed by atoms with van der Waals surface area (Å²) in [4.78, 5) is 0. The van der Waals surface area contributed by atoms with Crippen molar-refractivity contribution in [1.82, 2.24) is 0 Å². The number of rotatable bonds is 8. The SMILES string of the molecule is CCCCOC1OCC(OC2OCC(OC3OCC(O)C(O)C3O)C(O)C2O)C(O)C1O. The topological polar surface area (TPSA) is 197 Å². The summed E-state index contributed by atoms with van der Waals surface area (Å²) < 4.78 is 32.3. The Morgan fingerprint density at radius 3 is 1.66 bits per heavy atom. The fourth-order valence-electron chi connectivity index (χ4n) is 3.63. The highest BCUT2D eigenvalue weighted by Crippen LogP contribution is 2.27. The van der Waals surface area contributed by atoms with Gasteiger partial charge in [-0.1, -0.05) is 13.3 Å². The van der Waals surface area contributed by atoms with Crippen LogP contribution in [0.5, 0.6) is 0 Å².